The van der Waals surface area contributed by atoms with Crippen LogP contribution in [0.1, 0.15) is 16.8 Å². The van der Waals surface area contributed by atoms with Crippen molar-refractivity contribution in [2.24, 2.45) is 5.73 Å². The summed E-state index contributed by atoms with van der Waals surface area (Å²) in [4.78, 5) is 11.3. The Hall–Kier alpha value is -1.47. The highest BCUT2D eigenvalue weighted by molar-refractivity contribution is 7.90. The summed E-state index contributed by atoms with van der Waals surface area (Å²) in [5.74, 6) is -0.599. The fourth-order valence-electron chi connectivity index (χ4n) is 1.55. The second kappa shape index (κ2) is 6.12. The van der Waals surface area contributed by atoms with Crippen LogP contribution in [0, 0.1) is 0 Å². The zero-order valence-corrected chi connectivity index (χ0v) is 12.0. The molecule has 0 heterocycles. The number of carbonyl (C=O) groups excluding carboxylic acids is 1. The van der Waals surface area contributed by atoms with E-state index in [9.17, 15) is 13.2 Å². The van der Waals surface area contributed by atoms with Crippen LogP contribution in [0.15, 0.2) is 12.1 Å². The van der Waals surface area contributed by atoms with Crippen LogP contribution in [0.4, 0.5) is 11.4 Å². The van der Waals surface area contributed by atoms with Crippen molar-refractivity contribution in [3.63, 3.8) is 0 Å². The van der Waals surface area contributed by atoms with Crippen molar-refractivity contribution in [1.82, 2.24) is 0 Å². The number of rotatable bonds is 6. The molecule has 0 radical (unpaired) electrons. The molecule has 5 N–H and O–H groups in total. The normalized spacial score (nSPS) is 11.3. The van der Waals surface area contributed by atoms with Crippen LogP contribution in [-0.2, 0) is 9.84 Å². The molecule has 1 aromatic carbocycles. The number of hydrogen-bond acceptors (Lipinski definition) is 5. The summed E-state index contributed by atoms with van der Waals surface area (Å²) in [5, 5.41) is 3.18. The van der Waals surface area contributed by atoms with Crippen LogP contribution in [0.5, 0.6) is 0 Å². The van der Waals surface area contributed by atoms with Gasteiger partial charge in [-0.15, -0.1) is 0 Å². The van der Waals surface area contributed by atoms with E-state index in [1.165, 1.54) is 12.1 Å². The van der Waals surface area contributed by atoms with E-state index in [0.29, 0.717) is 24.3 Å². The molecule has 0 bridgehead atoms. The third-order valence-corrected chi connectivity index (χ3v) is 3.70. The van der Waals surface area contributed by atoms with Crippen molar-refractivity contribution in [3.05, 3.63) is 22.7 Å². The first-order valence-electron chi connectivity index (χ1n) is 5.51. The average Bonchev–Trinajstić information content (AvgIpc) is 2.24. The number of primary amides is 1. The third-order valence-electron chi connectivity index (χ3n) is 2.37. The van der Waals surface area contributed by atoms with Gasteiger partial charge < -0.3 is 16.8 Å². The average molecular weight is 306 g/mol. The lowest BCUT2D eigenvalue weighted by Crippen LogP contribution is -2.17. The predicted molar refractivity (Wildman–Crippen MR) is 77.2 cm³/mol. The monoisotopic (exact) mass is 305 g/mol. The molecular formula is C11H16ClN3O3S. The lowest BCUT2D eigenvalue weighted by atomic mass is 10.1. The lowest BCUT2D eigenvalue weighted by Gasteiger charge is -2.12. The summed E-state index contributed by atoms with van der Waals surface area (Å²) >= 11 is 5.98. The molecule has 0 saturated carbocycles. The van der Waals surface area contributed by atoms with Gasteiger partial charge in [0, 0.05) is 18.5 Å². The fourth-order valence-corrected chi connectivity index (χ4v) is 2.51. The minimum Gasteiger partial charge on any atom is -0.399 e. The molecule has 19 heavy (non-hydrogen) atoms. The Balaban J connectivity index is 2.80. The Morgan fingerprint density at radius 2 is 2.05 bits per heavy atom. The van der Waals surface area contributed by atoms with E-state index < -0.39 is 15.7 Å². The van der Waals surface area contributed by atoms with E-state index in [1.807, 2.05) is 0 Å². The van der Waals surface area contributed by atoms with Gasteiger partial charge in [0.2, 0.25) is 0 Å². The van der Waals surface area contributed by atoms with Crippen molar-refractivity contribution < 1.29 is 13.2 Å². The Bertz CT molecular complexity index is 587. The molecule has 6 nitrogen and oxygen atoms in total. The number of sulfone groups is 1. The van der Waals surface area contributed by atoms with Gasteiger partial charge in [-0.3, -0.25) is 4.79 Å². The zero-order chi connectivity index (χ0) is 14.6. The molecule has 0 atom stereocenters. The minimum atomic E-state index is -3.01. The summed E-state index contributed by atoms with van der Waals surface area (Å²) in [7, 11) is -3.01. The Kier molecular flexibility index (Phi) is 5.02. The van der Waals surface area contributed by atoms with Gasteiger partial charge in [-0.25, -0.2) is 8.42 Å². The number of halogens is 1. The van der Waals surface area contributed by atoms with Gasteiger partial charge >= 0.3 is 0 Å². The van der Waals surface area contributed by atoms with Crippen LogP contribution < -0.4 is 16.8 Å². The second-order valence-electron chi connectivity index (χ2n) is 4.20. The molecule has 0 fully saturated rings. The van der Waals surface area contributed by atoms with E-state index in [4.69, 9.17) is 23.1 Å². The predicted octanol–water partition coefficient (Wildman–Crippen LogP) is 0.868. The van der Waals surface area contributed by atoms with Gasteiger partial charge in [-0.1, -0.05) is 11.6 Å². The van der Waals surface area contributed by atoms with Crippen molar-refractivity contribution in [2.45, 2.75) is 6.42 Å². The van der Waals surface area contributed by atoms with Gasteiger partial charge in [0.25, 0.3) is 5.91 Å². The molecular weight excluding hydrogens is 290 g/mol. The number of anilines is 2. The van der Waals surface area contributed by atoms with Crippen molar-refractivity contribution in [2.75, 3.05) is 29.6 Å². The first kappa shape index (κ1) is 15.6. The van der Waals surface area contributed by atoms with Crippen LogP contribution in [0.3, 0.4) is 0 Å². The molecule has 8 heteroatoms. The maximum absolute atomic E-state index is 11.3. The maximum Gasteiger partial charge on any atom is 0.250 e. The van der Waals surface area contributed by atoms with Crippen LogP contribution >= 0.6 is 11.6 Å². The van der Waals surface area contributed by atoms with Gasteiger partial charge in [0.1, 0.15) is 9.84 Å². The molecule has 0 aliphatic carbocycles. The topological polar surface area (TPSA) is 115 Å². The zero-order valence-electron chi connectivity index (χ0n) is 10.4. The van der Waals surface area contributed by atoms with E-state index in [2.05, 4.69) is 5.32 Å². The second-order valence-corrected chi connectivity index (χ2v) is 6.87. The molecule has 0 aliphatic rings. The summed E-state index contributed by atoms with van der Waals surface area (Å²) in [6.45, 7) is 0.358. The smallest absolute Gasteiger partial charge is 0.250 e. The highest BCUT2D eigenvalue weighted by Gasteiger charge is 2.13. The first-order valence-corrected chi connectivity index (χ1v) is 7.95. The van der Waals surface area contributed by atoms with Crippen molar-refractivity contribution in [1.29, 1.82) is 0 Å². The molecule has 1 rings (SSSR count). The summed E-state index contributed by atoms with van der Waals surface area (Å²) in [6.07, 6.45) is 1.57. The standard InChI is InChI=1S/C11H16ClN3O3S/c1-19(17,18)4-2-3-15-10-8(11(14)16)5-7(13)6-9(10)12/h5-6,15H,2-4,13H2,1H3,(H2,14,16). The number of nitrogens with one attached hydrogen (secondary N) is 1. The van der Waals surface area contributed by atoms with Gasteiger partial charge in [-0.05, 0) is 18.6 Å². The Morgan fingerprint density at radius 1 is 1.42 bits per heavy atom. The molecule has 1 aromatic rings. The minimum absolute atomic E-state index is 0.0541. The van der Waals surface area contributed by atoms with Crippen molar-refractivity contribution >= 4 is 38.7 Å². The molecule has 0 spiro atoms. The molecule has 0 unspecified atom stereocenters. The van der Waals surface area contributed by atoms with Gasteiger partial charge in [-0.2, -0.15) is 0 Å². The van der Waals surface area contributed by atoms with Crippen LogP contribution in [0.2, 0.25) is 5.02 Å². The lowest BCUT2D eigenvalue weighted by molar-refractivity contribution is 0.100. The molecule has 0 aliphatic heterocycles. The van der Waals surface area contributed by atoms with Crippen LogP contribution in [0.25, 0.3) is 0 Å². The number of nitrogen functional groups attached to an aromatic ring is 1. The number of carbonyl (C=O) groups is 1. The Labute approximate surface area is 117 Å². The highest BCUT2D eigenvalue weighted by Crippen LogP contribution is 2.28. The van der Waals surface area contributed by atoms with E-state index >= 15 is 0 Å². The van der Waals surface area contributed by atoms with E-state index in [0.717, 1.165) is 6.26 Å². The van der Waals surface area contributed by atoms with E-state index in [1.54, 1.807) is 0 Å². The number of nitrogens with two attached hydrogens (primary N) is 2. The molecule has 1 amide bonds. The van der Waals surface area contributed by atoms with Gasteiger partial charge in [0.15, 0.2) is 0 Å². The fraction of sp³-hybridized carbons (Fsp3) is 0.364. The highest BCUT2D eigenvalue weighted by atomic mass is 35.5. The summed E-state index contributed by atoms with van der Waals surface area (Å²) in [6, 6.07) is 2.92. The van der Waals surface area contributed by atoms with Gasteiger partial charge in [0.05, 0.1) is 22.0 Å². The van der Waals surface area contributed by atoms with Crippen molar-refractivity contribution in [3.8, 4) is 0 Å². The molecule has 0 saturated heterocycles. The SMILES string of the molecule is CS(=O)(=O)CCCNc1c(Cl)cc(N)cc1C(N)=O. The number of hydrogen-bond donors (Lipinski definition) is 3. The summed E-state index contributed by atoms with van der Waals surface area (Å²) < 4.78 is 22.0. The molecule has 106 valence electrons. The first-order chi connectivity index (χ1) is 8.70. The Morgan fingerprint density at radius 3 is 2.58 bits per heavy atom. The quantitative estimate of drug-likeness (QED) is 0.533. The number of benzene rings is 1. The summed E-state index contributed by atoms with van der Waals surface area (Å²) in [5.41, 5.74) is 11.7. The largest absolute Gasteiger partial charge is 0.399 e. The van der Waals surface area contributed by atoms with E-state index in [-0.39, 0.29) is 16.3 Å². The maximum atomic E-state index is 11.3. The molecule has 0 aromatic heterocycles. The third kappa shape index (κ3) is 4.96. The van der Waals surface area contributed by atoms with Crippen LogP contribution in [-0.4, -0.2) is 32.9 Å². The number of amides is 1.